The van der Waals surface area contributed by atoms with Crippen LogP contribution in [-0.2, 0) is 13.7 Å². The molecule has 132 valence electrons. The minimum absolute atomic E-state index is 0.271. The normalized spacial score (nSPS) is 10.3. The van der Waals surface area contributed by atoms with Crippen LogP contribution in [0, 0.1) is 25.7 Å². The molecule has 0 aliphatic heterocycles. The molecule has 0 aliphatic carbocycles. The fourth-order valence-electron chi connectivity index (χ4n) is 2.65. The Labute approximate surface area is 152 Å². The van der Waals surface area contributed by atoms with Crippen LogP contribution in [0.2, 0.25) is 0 Å². The van der Waals surface area contributed by atoms with E-state index in [4.69, 9.17) is 4.74 Å². The maximum Gasteiger partial charge on any atom is 0.368 e. The topological polar surface area (TPSA) is 61.9 Å². The van der Waals surface area contributed by atoms with Crippen molar-refractivity contribution in [2.75, 3.05) is 0 Å². The van der Waals surface area contributed by atoms with Crippen LogP contribution in [0.5, 0.6) is 5.75 Å². The van der Waals surface area contributed by atoms with Gasteiger partial charge in [-0.15, -0.1) is 5.92 Å². The van der Waals surface area contributed by atoms with Crippen LogP contribution in [0.4, 0.5) is 0 Å². The van der Waals surface area contributed by atoms with Gasteiger partial charge in [-0.3, -0.25) is 0 Å². The van der Waals surface area contributed by atoms with E-state index in [2.05, 4.69) is 22.3 Å². The van der Waals surface area contributed by atoms with E-state index in [-0.39, 0.29) is 12.3 Å². The molecule has 6 nitrogen and oxygen atoms in total. The van der Waals surface area contributed by atoms with Gasteiger partial charge in [0, 0.05) is 18.2 Å². The Morgan fingerprint density at radius 2 is 1.96 bits per heavy atom. The summed E-state index contributed by atoms with van der Waals surface area (Å²) in [6, 6.07) is 11.6. The molecule has 1 aromatic heterocycles. The predicted molar refractivity (Wildman–Crippen MR) is 99.4 cm³/mol. The second kappa shape index (κ2) is 7.28. The molecule has 2 aromatic carbocycles. The Balaban J connectivity index is 2.06. The molecule has 0 spiro atoms. The third-order valence-corrected chi connectivity index (χ3v) is 4.08. The third kappa shape index (κ3) is 3.38. The Bertz CT molecular complexity index is 1070. The van der Waals surface area contributed by atoms with Crippen LogP contribution in [-0.4, -0.2) is 19.8 Å². The van der Waals surface area contributed by atoms with E-state index in [0.29, 0.717) is 5.69 Å². The summed E-state index contributed by atoms with van der Waals surface area (Å²) in [6.45, 7) is 6.07. The van der Waals surface area contributed by atoms with Crippen molar-refractivity contribution in [2.45, 2.75) is 27.4 Å². The zero-order valence-electron chi connectivity index (χ0n) is 15.3. The molecule has 3 aromatic rings. The Kier molecular flexibility index (Phi) is 4.90. The second-order valence-corrected chi connectivity index (χ2v) is 6.03. The molecule has 0 N–H and O–H groups in total. The van der Waals surface area contributed by atoms with Gasteiger partial charge in [-0.1, -0.05) is 24.1 Å². The Morgan fingerprint density at radius 3 is 2.65 bits per heavy atom. The van der Waals surface area contributed by atoms with Gasteiger partial charge in [0.1, 0.15) is 12.4 Å². The average molecular weight is 348 g/mol. The molecule has 1 heterocycles. The molecule has 0 amide bonds. The number of nitrogens with zero attached hydrogens (tertiary/aromatic N) is 4. The fourth-order valence-corrected chi connectivity index (χ4v) is 2.65. The third-order valence-electron chi connectivity index (χ3n) is 4.08. The molecule has 0 saturated heterocycles. The highest BCUT2D eigenvalue weighted by Crippen LogP contribution is 2.23. The predicted octanol–water partition coefficient (Wildman–Crippen LogP) is 2.53. The molecule has 3 rings (SSSR count). The maximum atomic E-state index is 12.3. The SMILES string of the molecule is CC#Cc1cccc(-n2nnn(C)c2=O)c1COc1cc(C)ccc1C. The summed E-state index contributed by atoms with van der Waals surface area (Å²) in [6.07, 6.45) is 0. The van der Waals surface area contributed by atoms with Gasteiger partial charge in [-0.25, -0.2) is 4.79 Å². The summed E-state index contributed by atoms with van der Waals surface area (Å²) >= 11 is 0. The maximum absolute atomic E-state index is 12.3. The van der Waals surface area contributed by atoms with Crippen LogP contribution in [0.15, 0.2) is 41.2 Å². The summed E-state index contributed by atoms with van der Waals surface area (Å²) < 4.78 is 8.52. The van der Waals surface area contributed by atoms with Gasteiger partial charge in [0.25, 0.3) is 0 Å². The van der Waals surface area contributed by atoms with Crippen molar-refractivity contribution in [3.05, 3.63) is 69.1 Å². The smallest absolute Gasteiger partial charge is 0.368 e. The van der Waals surface area contributed by atoms with Crippen LogP contribution in [0.25, 0.3) is 5.69 Å². The van der Waals surface area contributed by atoms with Crippen molar-refractivity contribution < 1.29 is 4.74 Å². The van der Waals surface area contributed by atoms with Gasteiger partial charge in [0.2, 0.25) is 0 Å². The van der Waals surface area contributed by atoms with E-state index in [0.717, 1.165) is 28.0 Å². The summed E-state index contributed by atoms with van der Waals surface area (Å²) in [5.41, 5.74) is 4.07. The molecular weight excluding hydrogens is 328 g/mol. The molecule has 0 bridgehead atoms. The first-order valence-corrected chi connectivity index (χ1v) is 8.25. The largest absolute Gasteiger partial charge is 0.488 e. The van der Waals surface area contributed by atoms with Gasteiger partial charge in [0.05, 0.1) is 5.69 Å². The van der Waals surface area contributed by atoms with Crippen LogP contribution >= 0.6 is 0 Å². The lowest BCUT2D eigenvalue weighted by Crippen LogP contribution is -2.23. The second-order valence-electron chi connectivity index (χ2n) is 6.03. The van der Waals surface area contributed by atoms with Gasteiger partial charge in [0.15, 0.2) is 0 Å². The van der Waals surface area contributed by atoms with E-state index in [1.165, 1.54) is 9.36 Å². The number of rotatable bonds is 4. The molecule has 0 saturated carbocycles. The molecule has 0 atom stereocenters. The highest BCUT2D eigenvalue weighted by molar-refractivity contribution is 5.52. The van der Waals surface area contributed by atoms with Crippen molar-refractivity contribution in [1.82, 2.24) is 19.8 Å². The highest BCUT2D eigenvalue weighted by Gasteiger charge is 2.15. The molecule has 0 aliphatic rings. The van der Waals surface area contributed by atoms with E-state index >= 15 is 0 Å². The number of ether oxygens (including phenoxy) is 1. The molecule has 0 fully saturated rings. The summed E-state index contributed by atoms with van der Waals surface area (Å²) in [5, 5.41) is 7.74. The van der Waals surface area contributed by atoms with Crippen LogP contribution in [0.1, 0.15) is 29.2 Å². The standard InChI is InChI=1S/C20H20N4O2/c1-5-7-16-8-6-9-18(24-20(25)23(4)21-22-24)17(16)13-26-19-12-14(2)10-11-15(19)3/h6,8-12H,13H2,1-4H3. The monoisotopic (exact) mass is 348 g/mol. The average Bonchev–Trinajstić information content (AvgIpc) is 2.95. The lowest BCUT2D eigenvalue weighted by Gasteiger charge is -2.14. The minimum Gasteiger partial charge on any atom is -0.488 e. The van der Waals surface area contributed by atoms with E-state index < -0.39 is 0 Å². The van der Waals surface area contributed by atoms with E-state index in [1.54, 1.807) is 14.0 Å². The van der Waals surface area contributed by atoms with Gasteiger partial charge in [-0.05, 0) is 60.5 Å². The van der Waals surface area contributed by atoms with Crippen LogP contribution < -0.4 is 10.4 Å². The van der Waals surface area contributed by atoms with Crippen molar-refractivity contribution >= 4 is 0 Å². The summed E-state index contributed by atoms with van der Waals surface area (Å²) in [4.78, 5) is 12.3. The number of hydrogen-bond donors (Lipinski definition) is 0. The fraction of sp³-hybridized carbons (Fsp3) is 0.250. The van der Waals surface area contributed by atoms with Gasteiger partial charge >= 0.3 is 5.69 Å². The number of benzene rings is 2. The first kappa shape index (κ1) is 17.5. The number of tetrazole rings is 1. The van der Waals surface area contributed by atoms with Gasteiger partial charge < -0.3 is 4.74 Å². The molecular formula is C20H20N4O2. The quantitative estimate of drug-likeness (QED) is 0.680. The first-order chi connectivity index (χ1) is 12.5. The Hall–Kier alpha value is -3.33. The summed E-state index contributed by atoms with van der Waals surface area (Å²) in [5.74, 6) is 6.79. The lowest BCUT2D eigenvalue weighted by atomic mass is 10.1. The van der Waals surface area contributed by atoms with E-state index in [1.807, 2.05) is 50.2 Å². The molecule has 0 unspecified atom stereocenters. The minimum atomic E-state index is -0.320. The van der Waals surface area contributed by atoms with Gasteiger partial charge in [-0.2, -0.15) is 9.36 Å². The zero-order valence-corrected chi connectivity index (χ0v) is 15.3. The molecule has 6 heteroatoms. The van der Waals surface area contributed by atoms with Crippen molar-refractivity contribution in [1.29, 1.82) is 0 Å². The highest BCUT2D eigenvalue weighted by atomic mass is 16.5. The Morgan fingerprint density at radius 1 is 1.15 bits per heavy atom. The van der Waals surface area contributed by atoms with Crippen molar-refractivity contribution in [3.63, 3.8) is 0 Å². The molecule has 0 radical (unpaired) electrons. The lowest BCUT2D eigenvalue weighted by molar-refractivity contribution is 0.303. The number of hydrogen-bond acceptors (Lipinski definition) is 4. The number of aryl methyl sites for hydroxylation is 3. The first-order valence-electron chi connectivity index (χ1n) is 8.25. The van der Waals surface area contributed by atoms with Crippen molar-refractivity contribution in [3.8, 4) is 23.3 Å². The number of aromatic nitrogens is 4. The zero-order chi connectivity index (χ0) is 18.7. The molecule has 26 heavy (non-hydrogen) atoms. The van der Waals surface area contributed by atoms with Crippen molar-refractivity contribution in [2.24, 2.45) is 7.05 Å². The summed E-state index contributed by atoms with van der Waals surface area (Å²) in [7, 11) is 1.56. The van der Waals surface area contributed by atoms with E-state index in [9.17, 15) is 4.79 Å². The van der Waals surface area contributed by atoms with Crippen LogP contribution in [0.3, 0.4) is 0 Å².